The zero-order chi connectivity index (χ0) is 14.5. The van der Waals surface area contributed by atoms with Gasteiger partial charge in [0.25, 0.3) is 0 Å². The van der Waals surface area contributed by atoms with Crippen molar-refractivity contribution in [1.29, 1.82) is 0 Å². The smallest absolute Gasteiger partial charge is 0.153 e. The first-order valence-electron chi connectivity index (χ1n) is 6.48. The highest BCUT2D eigenvalue weighted by Crippen LogP contribution is 2.23. The number of carbonyl (C=O) groups is 1. The Kier molecular flexibility index (Phi) is 4.31. The van der Waals surface area contributed by atoms with Crippen LogP contribution in [0.25, 0.3) is 0 Å². The molecule has 2 aromatic rings. The molecule has 0 aliphatic carbocycles. The van der Waals surface area contributed by atoms with E-state index in [2.05, 4.69) is 4.99 Å². The largest absolute Gasteiger partial charge is 0.507 e. The first kappa shape index (κ1) is 14.0. The summed E-state index contributed by atoms with van der Waals surface area (Å²) >= 11 is 0. The third-order valence-electron chi connectivity index (χ3n) is 3.16. The van der Waals surface area contributed by atoms with E-state index >= 15 is 0 Å². The normalized spacial score (nSPS) is 12.5. The third kappa shape index (κ3) is 3.12. The van der Waals surface area contributed by atoms with Gasteiger partial charge in [-0.05, 0) is 37.1 Å². The molecule has 0 bridgehead atoms. The molecular weight excluding hydrogens is 250 g/mol. The van der Waals surface area contributed by atoms with Crippen molar-refractivity contribution >= 4 is 12.5 Å². The van der Waals surface area contributed by atoms with Crippen LogP contribution in [0.3, 0.4) is 0 Å². The summed E-state index contributed by atoms with van der Waals surface area (Å²) in [7, 11) is 0. The Balaban J connectivity index is 2.28. The number of aliphatic imine (C=N–C) groups is 1. The molecule has 20 heavy (non-hydrogen) atoms. The molecule has 2 rings (SSSR count). The predicted octanol–water partition coefficient (Wildman–Crippen LogP) is 3.69. The summed E-state index contributed by atoms with van der Waals surface area (Å²) in [5, 5.41) is 9.97. The van der Waals surface area contributed by atoms with Crippen LogP contribution in [0.4, 0.5) is 0 Å². The number of nitrogens with zero attached hydrogens (tertiary/aromatic N) is 1. The fourth-order valence-electron chi connectivity index (χ4n) is 2.03. The van der Waals surface area contributed by atoms with Gasteiger partial charge in [0.1, 0.15) is 5.75 Å². The van der Waals surface area contributed by atoms with Crippen molar-refractivity contribution in [2.45, 2.75) is 19.9 Å². The molecule has 0 fully saturated rings. The fourth-order valence-corrected chi connectivity index (χ4v) is 2.03. The Morgan fingerprint density at radius 2 is 1.80 bits per heavy atom. The molecule has 0 amide bonds. The van der Waals surface area contributed by atoms with Crippen LogP contribution < -0.4 is 0 Å². The van der Waals surface area contributed by atoms with E-state index in [9.17, 15) is 9.90 Å². The van der Waals surface area contributed by atoms with Crippen molar-refractivity contribution in [1.82, 2.24) is 0 Å². The standard InChI is InChI=1S/C17H17NO2/c1-12-8-15(17(20)16(9-12)11-19)10-18-13(2)14-6-4-3-5-7-14/h3-11,13,20H,1-2H3/t13-/m1/s1. The summed E-state index contributed by atoms with van der Waals surface area (Å²) in [5.74, 6) is -0.0189. The Bertz CT molecular complexity index is 633. The van der Waals surface area contributed by atoms with Gasteiger partial charge in [-0.1, -0.05) is 30.3 Å². The molecule has 2 aromatic carbocycles. The van der Waals surface area contributed by atoms with E-state index in [0.717, 1.165) is 11.1 Å². The number of carbonyl (C=O) groups excluding carboxylic acids is 1. The number of benzene rings is 2. The number of phenols is 1. The topological polar surface area (TPSA) is 49.7 Å². The zero-order valence-electron chi connectivity index (χ0n) is 11.6. The van der Waals surface area contributed by atoms with Gasteiger partial charge in [-0.2, -0.15) is 0 Å². The number of aldehydes is 1. The Hall–Kier alpha value is -2.42. The second-order valence-electron chi connectivity index (χ2n) is 4.77. The highest BCUT2D eigenvalue weighted by molar-refractivity contribution is 5.90. The minimum Gasteiger partial charge on any atom is -0.507 e. The molecule has 0 aromatic heterocycles. The van der Waals surface area contributed by atoms with Crippen LogP contribution in [0.2, 0.25) is 0 Å². The van der Waals surface area contributed by atoms with Crippen molar-refractivity contribution in [2.75, 3.05) is 0 Å². The maximum absolute atomic E-state index is 10.9. The molecule has 3 heteroatoms. The molecular formula is C17H17NO2. The van der Waals surface area contributed by atoms with Crippen molar-refractivity contribution in [3.8, 4) is 5.75 Å². The number of aryl methyl sites for hydroxylation is 1. The van der Waals surface area contributed by atoms with Crippen molar-refractivity contribution in [3.63, 3.8) is 0 Å². The first-order chi connectivity index (χ1) is 9.61. The van der Waals surface area contributed by atoms with Gasteiger partial charge in [0.05, 0.1) is 11.6 Å². The van der Waals surface area contributed by atoms with Crippen molar-refractivity contribution < 1.29 is 9.90 Å². The molecule has 3 nitrogen and oxygen atoms in total. The van der Waals surface area contributed by atoms with Crippen LogP contribution in [0.15, 0.2) is 47.5 Å². The minimum absolute atomic E-state index is 0.00390. The summed E-state index contributed by atoms with van der Waals surface area (Å²) in [6.07, 6.45) is 2.27. The highest BCUT2D eigenvalue weighted by Gasteiger charge is 2.07. The summed E-state index contributed by atoms with van der Waals surface area (Å²) < 4.78 is 0. The van der Waals surface area contributed by atoms with Gasteiger partial charge in [0, 0.05) is 11.8 Å². The Labute approximate surface area is 118 Å². The van der Waals surface area contributed by atoms with Crippen LogP contribution >= 0.6 is 0 Å². The number of phenolic OH excluding ortho intramolecular Hbond substituents is 1. The fraction of sp³-hybridized carbons (Fsp3) is 0.176. The van der Waals surface area contributed by atoms with E-state index < -0.39 is 0 Å². The summed E-state index contributed by atoms with van der Waals surface area (Å²) in [5.41, 5.74) is 2.87. The lowest BCUT2D eigenvalue weighted by Gasteiger charge is -2.07. The molecule has 1 N–H and O–H groups in total. The highest BCUT2D eigenvalue weighted by atomic mass is 16.3. The quantitative estimate of drug-likeness (QED) is 0.678. The molecule has 0 unspecified atom stereocenters. The van der Waals surface area contributed by atoms with Gasteiger partial charge in [0.15, 0.2) is 6.29 Å². The van der Waals surface area contributed by atoms with Gasteiger partial charge in [-0.15, -0.1) is 0 Å². The molecule has 0 spiro atoms. The van der Waals surface area contributed by atoms with Gasteiger partial charge >= 0.3 is 0 Å². The Morgan fingerprint density at radius 1 is 1.15 bits per heavy atom. The lowest BCUT2D eigenvalue weighted by molar-refractivity contribution is 0.112. The molecule has 0 saturated heterocycles. The number of hydrogen-bond donors (Lipinski definition) is 1. The number of hydrogen-bond acceptors (Lipinski definition) is 3. The number of aromatic hydroxyl groups is 1. The summed E-state index contributed by atoms with van der Waals surface area (Å²) in [4.78, 5) is 15.3. The SMILES string of the molecule is Cc1cc(C=O)c(O)c(C=N[C@H](C)c2ccccc2)c1. The van der Waals surface area contributed by atoms with E-state index in [1.165, 1.54) is 0 Å². The van der Waals surface area contributed by atoms with E-state index in [1.807, 2.05) is 50.2 Å². The average molecular weight is 267 g/mol. The lowest BCUT2D eigenvalue weighted by atomic mass is 10.1. The van der Waals surface area contributed by atoms with Crippen LogP contribution in [-0.2, 0) is 0 Å². The molecule has 0 saturated carbocycles. The maximum atomic E-state index is 10.9. The molecule has 0 radical (unpaired) electrons. The molecule has 1 atom stereocenters. The second kappa shape index (κ2) is 6.15. The van der Waals surface area contributed by atoms with Crippen molar-refractivity contribution in [2.24, 2.45) is 4.99 Å². The zero-order valence-corrected chi connectivity index (χ0v) is 11.6. The van der Waals surface area contributed by atoms with Crippen LogP contribution in [0.5, 0.6) is 5.75 Å². The predicted molar refractivity (Wildman–Crippen MR) is 80.7 cm³/mol. The van der Waals surface area contributed by atoms with Gasteiger partial charge in [0.2, 0.25) is 0 Å². The van der Waals surface area contributed by atoms with E-state index in [4.69, 9.17) is 0 Å². The maximum Gasteiger partial charge on any atom is 0.153 e. The second-order valence-corrected chi connectivity index (χ2v) is 4.77. The first-order valence-corrected chi connectivity index (χ1v) is 6.48. The summed E-state index contributed by atoms with van der Waals surface area (Å²) in [6, 6.07) is 13.4. The van der Waals surface area contributed by atoms with E-state index in [0.29, 0.717) is 17.4 Å². The monoisotopic (exact) mass is 267 g/mol. The van der Waals surface area contributed by atoms with Gasteiger partial charge in [-0.3, -0.25) is 9.79 Å². The third-order valence-corrected chi connectivity index (χ3v) is 3.16. The van der Waals surface area contributed by atoms with Crippen LogP contribution in [-0.4, -0.2) is 17.6 Å². The summed E-state index contributed by atoms with van der Waals surface area (Å²) in [6.45, 7) is 3.86. The lowest BCUT2D eigenvalue weighted by Crippen LogP contribution is -1.94. The van der Waals surface area contributed by atoms with Crippen LogP contribution in [0.1, 0.15) is 40.0 Å². The molecule has 0 aliphatic rings. The Morgan fingerprint density at radius 3 is 2.45 bits per heavy atom. The minimum atomic E-state index is -0.0189. The molecule has 0 heterocycles. The van der Waals surface area contributed by atoms with Gasteiger partial charge < -0.3 is 5.11 Å². The number of rotatable bonds is 4. The van der Waals surface area contributed by atoms with Gasteiger partial charge in [-0.25, -0.2) is 0 Å². The molecule has 102 valence electrons. The van der Waals surface area contributed by atoms with Crippen LogP contribution in [0, 0.1) is 6.92 Å². The van der Waals surface area contributed by atoms with Crippen molar-refractivity contribution in [3.05, 3.63) is 64.7 Å². The van der Waals surface area contributed by atoms with E-state index in [1.54, 1.807) is 12.3 Å². The molecule has 0 aliphatic heterocycles. The average Bonchev–Trinajstić information content (AvgIpc) is 2.48. The van der Waals surface area contributed by atoms with E-state index in [-0.39, 0.29) is 11.8 Å².